The molecule has 1 spiro atoms. The monoisotopic (exact) mass is 354 g/mol. The van der Waals surface area contributed by atoms with Crippen molar-refractivity contribution < 1.29 is 17.6 Å². The predicted octanol–water partition coefficient (Wildman–Crippen LogP) is 1.99. The Labute approximate surface area is 142 Å². The summed E-state index contributed by atoms with van der Waals surface area (Å²) in [5, 5.41) is 0. The Hall–Kier alpha value is -1.47. The van der Waals surface area contributed by atoms with E-state index < -0.39 is 15.4 Å². The van der Waals surface area contributed by atoms with Crippen molar-refractivity contribution in [1.82, 2.24) is 9.21 Å². The van der Waals surface area contributed by atoms with Gasteiger partial charge >= 0.3 is 0 Å². The van der Waals surface area contributed by atoms with Crippen LogP contribution < -0.4 is 0 Å². The van der Waals surface area contributed by atoms with Crippen molar-refractivity contribution in [2.24, 2.45) is 5.41 Å². The van der Waals surface area contributed by atoms with E-state index in [1.54, 1.807) is 17.0 Å². The summed E-state index contributed by atoms with van der Waals surface area (Å²) in [6.07, 6.45) is 1.82. The number of nitrogens with zero attached hydrogens (tertiary/aromatic N) is 2. The Morgan fingerprint density at radius 3 is 2.71 bits per heavy atom. The average molecular weight is 354 g/mol. The Kier molecular flexibility index (Phi) is 4.66. The van der Waals surface area contributed by atoms with Crippen molar-refractivity contribution in [3.63, 3.8) is 0 Å². The average Bonchev–Trinajstić information content (AvgIpc) is 3.08. The summed E-state index contributed by atoms with van der Waals surface area (Å²) in [6, 6.07) is 6.25. The fourth-order valence-corrected chi connectivity index (χ4v) is 5.32. The van der Waals surface area contributed by atoms with Crippen LogP contribution >= 0.6 is 0 Å². The van der Waals surface area contributed by atoms with Crippen LogP contribution in [-0.2, 0) is 21.4 Å². The molecule has 2 saturated heterocycles. The summed E-state index contributed by atoms with van der Waals surface area (Å²) >= 11 is 0. The molecule has 3 rings (SSSR count). The van der Waals surface area contributed by atoms with Gasteiger partial charge in [-0.25, -0.2) is 17.1 Å². The number of sulfonamides is 1. The minimum atomic E-state index is -3.27. The maximum atomic E-state index is 13.3. The normalized spacial score (nSPS) is 25.1. The topological polar surface area (TPSA) is 57.7 Å². The van der Waals surface area contributed by atoms with Crippen molar-refractivity contribution in [2.45, 2.75) is 32.7 Å². The molecule has 0 N–H and O–H groups in total. The standard InChI is InChI=1S/C17H23FN2O3S/c1-2-10-24(22,23)20-9-7-17(13-20)6-8-19(16(17)21)12-14-4-3-5-15(18)11-14/h3-5,11H,2,6-10,12-13H2,1H3. The second kappa shape index (κ2) is 6.44. The molecule has 0 aliphatic carbocycles. The van der Waals surface area contributed by atoms with Gasteiger partial charge in [-0.2, -0.15) is 0 Å². The van der Waals surface area contributed by atoms with Gasteiger partial charge in [-0.15, -0.1) is 0 Å². The molecule has 132 valence electrons. The third kappa shape index (κ3) is 3.19. The number of halogens is 1. The highest BCUT2D eigenvalue weighted by Crippen LogP contribution is 2.42. The van der Waals surface area contributed by atoms with Crippen LogP contribution in [0.2, 0.25) is 0 Å². The molecule has 0 bridgehead atoms. The number of carbonyl (C=O) groups excluding carboxylic acids is 1. The SMILES string of the molecule is CCCS(=O)(=O)N1CCC2(CCN(Cc3cccc(F)c3)C2=O)C1. The number of likely N-dealkylation sites (tertiary alicyclic amines) is 1. The highest BCUT2D eigenvalue weighted by Gasteiger charge is 2.52. The number of hydrogen-bond acceptors (Lipinski definition) is 3. The lowest BCUT2D eigenvalue weighted by Crippen LogP contribution is -2.38. The van der Waals surface area contributed by atoms with Crippen LogP contribution in [0.4, 0.5) is 4.39 Å². The molecule has 24 heavy (non-hydrogen) atoms. The van der Waals surface area contributed by atoms with E-state index in [1.807, 2.05) is 6.92 Å². The van der Waals surface area contributed by atoms with E-state index in [9.17, 15) is 17.6 Å². The zero-order valence-electron chi connectivity index (χ0n) is 13.9. The second-order valence-electron chi connectivity index (χ2n) is 6.79. The van der Waals surface area contributed by atoms with Gasteiger partial charge in [0.05, 0.1) is 11.2 Å². The van der Waals surface area contributed by atoms with Crippen molar-refractivity contribution >= 4 is 15.9 Å². The Bertz CT molecular complexity index is 737. The van der Waals surface area contributed by atoms with Crippen molar-refractivity contribution in [3.05, 3.63) is 35.6 Å². The fraction of sp³-hybridized carbons (Fsp3) is 0.588. The summed E-state index contributed by atoms with van der Waals surface area (Å²) < 4.78 is 39.3. The van der Waals surface area contributed by atoms with Crippen LogP contribution in [0.15, 0.2) is 24.3 Å². The van der Waals surface area contributed by atoms with Gasteiger partial charge in [0.1, 0.15) is 5.82 Å². The van der Waals surface area contributed by atoms with E-state index in [4.69, 9.17) is 0 Å². The van der Waals surface area contributed by atoms with Crippen molar-refractivity contribution in [2.75, 3.05) is 25.4 Å². The smallest absolute Gasteiger partial charge is 0.230 e. The first-order chi connectivity index (χ1) is 11.4. The lowest BCUT2D eigenvalue weighted by molar-refractivity contribution is -0.135. The highest BCUT2D eigenvalue weighted by molar-refractivity contribution is 7.89. The summed E-state index contributed by atoms with van der Waals surface area (Å²) in [7, 11) is -3.27. The molecule has 1 aromatic carbocycles. The van der Waals surface area contributed by atoms with Crippen molar-refractivity contribution in [3.8, 4) is 0 Å². The Morgan fingerprint density at radius 2 is 2.00 bits per heavy atom. The lowest BCUT2D eigenvalue weighted by Gasteiger charge is -2.23. The molecule has 1 aromatic rings. The molecule has 2 heterocycles. The molecule has 2 aliphatic rings. The maximum Gasteiger partial charge on any atom is 0.230 e. The quantitative estimate of drug-likeness (QED) is 0.813. The predicted molar refractivity (Wildman–Crippen MR) is 89.1 cm³/mol. The van der Waals surface area contributed by atoms with Gasteiger partial charge in [0.2, 0.25) is 15.9 Å². The number of amides is 1. The molecular weight excluding hydrogens is 331 g/mol. The number of benzene rings is 1. The van der Waals surface area contributed by atoms with Gasteiger partial charge < -0.3 is 4.90 Å². The van der Waals surface area contributed by atoms with Gasteiger partial charge in [-0.05, 0) is 37.0 Å². The molecule has 2 fully saturated rings. The third-order valence-corrected chi connectivity index (χ3v) is 7.06. The molecular formula is C17H23FN2O3S. The van der Waals surface area contributed by atoms with Crippen LogP contribution in [0.5, 0.6) is 0 Å². The van der Waals surface area contributed by atoms with Crippen molar-refractivity contribution in [1.29, 1.82) is 0 Å². The maximum absolute atomic E-state index is 13.3. The second-order valence-corrected chi connectivity index (χ2v) is 8.87. The largest absolute Gasteiger partial charge is 0.338 e. The summed E-state index contributed by atoms with van der Waals surface area (Å²) in [4.78, 5) is 14.6. The zero-order valence-corrected chi connectivity index (χ0v) is 14.7. The lowest BCUT2D eigenvalue weighted by atomic mass is 9.86. The molecule has 2 aliphatic heterocycles. The number of hydrogen-bond donors (Lipinski definition) is 0. The van der Waals surface area contributed by atoms with E-state index >= 15 is 0 Å². The van der Waals surface area contributed by atoms with E-state index in [2.05, 4.69) is 0 Å². The number of rotatable bonds is 5. The molecule has 0 aromatic heterocycles. The Morgan fingerprint density at radius 1 is 1.25 bits per heavy atom. The van der Waals surface area contributed by atoms with E-state index in [0.717, 1.165) is 5.56 Å². The van der Waals surface area contributed by atoms with Crippen LogP contribution in [0.3, 0.4) is 0 Å². The minimum absolute atomic E-state index is 0.000889. The van der Waals surface area contributed by atoms with Crippen LogP contribution in [0.1, 0.15) is 31.7 Å². The van der Waals surface area contributed by atoms with Gasteiger partial charge in [0, 0.05) is 26.2 Å². The van der Waals surface area contributed by atoms with E-state index in [0.29, 0.717) is 38.9 Å². The molecule has 5 nitrogen and oxygen atoms in total. The van der Waals surface area contributed by atoms with Gasteiger partial charge in [0.15, 0.2) is 0 Å². The molecule has 7 heteroatoms. The van der Waals surface area contributed by atoms with Crippen LogP contribution in [0.25, 0.3) is 0 Å². The first kappa shape index (κ1) is 17.4. The molecule has 0 saturated carbocycles. The van der Waals surface area contributed by atoms with Crippen LogP contribution in [0, 0.1) is 11.2 Å². The molecule has 0 radical (unpaired) electrons. The van der Waals surface area contributed by atoms with E-state index in [-0.39, 0.29) is 24.0 Å². The third-order valence-electron chi connectivity index (χ3n) is 5.04. The van der Waals surface area contributed by atoms with Gasteiger partial charge in [-0.3, -0.25) is 4.79 Å². The highest BCUT2D eigenvalue weighted by atomic mass is 32.2. The first-order valence-corrected chi connectivity index (χ1v) is 9.99. The number of carbonyl (C=O) groups is 1. The zero-order chi connectivity index (χ0) is 17.4. The molecule has 1 amide bonds. The van der Waals surface area contributed by atoms with Crippen LogP contribution in [-0.4, -0.2) is 48.9 Å². The van der Waals surface area contributed by atoms with Gasteiger partial charge in [0.25, 0.3) is 0 Å². The fourth-order valence-electron chi connectivity index (χ4n) is 3.74. The summed E-state index contributed by atoms with van der Waals surface area (Å²) in [5.41, 5.74) is 0.169. The van der Waals surface area contributed by atoms with E-state index in [1.165, 1.54) is 16.4 Å². The summed E-state index contributed by atoms with van der Waals surface area (Å²) in [6.45, 7) is 3.51. The minimum Gasteiger partial charge on any atom is -0.338 e. The first-order valence-electron chi connectivity index (χ1n) is 8.38. The van der Waals surface area contributed by atoms with Gasteiger partial charge in [-0.1, -0.05) is 19.1 Å². The Balaban J connectivity index is 1.70. The summed E-state index contributed by atoms with van der Waals surface area (Å²) in [5.74, 6) is -0.183. The molecule has 1 atom stereocenters. The molecule has 1 unspecified atom stereocenters.